The molecule has 0 bridgehead atoms. The van der Waals surface area contributed by atoms with Crippen LogP contribution in [0.15, 0.2) is 29.6 Å². The van der Waals surface area contributed by atoms with Crippen LogP contribution in [-0.2, 0) is 9.59 Å². The highest BCUT2D eigenvalue weighted by molar-refractivity contribution is 7.13. The van der Waals surface area contributed by atoms with Crippen LogP contribution in [0.2, 0.25) is 0 Å². The number of rotatable bonds is 4. The molecular formula is C18H21N3O2S. The molecule has 126 valence electrons. The topological polar surface area (TPSA) is 71.1 Å². The van der Waals surface area contributed by atoms with E-state index in [-0.39, 0.29) is 0 Å². The molecular weight excluding hydrogens is 322 g/mol. The van der Waals surface area contributed by atoms with Crippen molar-refractivity contribution in [3.05, 3.63) is 35.3 Å². The Balaban J connectivity index is 1.58. The molecule has 1 aromatic carbocycles. The maximum Gasteiger partial charge on any atom is 0.313 e. The molecule has 1 aliphatic rings. The molecule has 1 heterocycles. The SMILES string of the molecule is Cc1csc(-c2cccc(NC(=O)C(=O)NCC3CCCC3)c2)n1. The Hall–Kier alpha value is -2.21. The van der Waals surface area contributed by atoms with Crippen molar-refractivity contribution in [3.8, 4) is 10.6 Å². The summed E-state index contributed by atoms with van der Waals surface area (Å²) in [5.74, 6) is -0.684. The summed E-state index contributed by atoms with van der Waals surface area (Å²) < 4.78 is 0. The number of nitrogens with zero attached hydrogens (tertiary/aromatic N) is 1. The van der Waals surface area contributed by atoms with E-state index in [2.05, 4.69) is 15.6 Å². The molecule has 5 nitrogen and oxygen atoms in total. The second-order valence-corrected chi connectivity index (χ2v) is 7.05. The van der Waals surface area contributed by atoms with Gasteiger partial charge in [-0.1, -0.05) is 25.0 Å². The van der Waals surface area contributed by atoms with Gasteiger partial charge in [-0.2, -0.15) is 0 Å². The third-order valence-corrected chi connectivity index (χ3v) is 5.23. The molecule has 1 fully saturated rings. The second kappa shape index (κ2) is 7.57. The van der Waals surface area contributed by atoms with E-state index in [9.17, 15) is 9.59 Å². The number of hydrogen-bond donors (Lipinski definition) is 2. The number of aromatic nitrogens is 1. The number of thiazole rings is 1. The summed E-state index contributed by atoms with van der Waals surface area (Å²) in [5.41, 5.74) is 2.49. The van der Waals surface area contributed by atoms with Gasteiger partial charge in [0.1, 0.15) is 5.01 Å². The van der Waals surface area contributed by atoms with Gasteiger partial charge in [-0.3, -0.25) is 9.59 Å². The summed E-state index contributed by atoms with van der Waals surface area (Å²) >= 11 is 1.56. The number of nitrogens with one attached hydrogen (secondary N) is 2. The molecule has 0 radical (unpaired) electrons. The summed E-state index contributed by atoms with van der Waals surface area (Å²) in [6.07, 6.45) is 4.71. The van der Waals surface area contributed by atoms with E-state index in [4.69, 9.17) is 0 Å². The van der Waals surface area contributed by atoms with Crippen LogP contribution in [0.1, 0.15) is 31.4 Å². The molecule has 2 amide bonds. The minimum Gasteiger partial charge on any atom is -0.348 e. The van der Waals surface area contributed by atoms with Crippen molar-refractivity contribution in [1.29, 1.82) is 0 Å². The first kappa shape index (κ1) is 16.6. The van der Waals surface area contributed by atoms with E-state index in [1.54, 1.807) is 17.4 Å². The molecule has 1 aliphatic carbocycles. The van der Waals surface area contributed by atoms with Gasteiger partial charge in [-0.15, -0.1) is 11.3 Å². The number of carbonyl (C=O) groups excluding carboxylic acids is 2. The summed E-state index contributed by atoms with van der Waals surface area (Å²) in [7, 11) is 0. The highest BCUT2D eigenvalue weighted by atomic mass is 32.1. The molecule has 0 aliphatic heterocycles. The predicted octanol–water partition coefficient (Wildman–Crippen LogP) is 3.36. The van der Waals surface area contributed by atoms with E-state index < -0.39 is 11.8 Å². The maximum absolute atomic E-state index is 12.0. The van der Waals surface area contributed by atoms with Gasteiger partial charge in [0.2, 0.25) is 0 Å². The third kappa shape index (κ3) is 4.20. The van der Waals surface area contributed by atoms with Crippen molar-refractivity contribution in [3.63, 3.8) is 0 Å². The van der Waals surface area contributed by atoms with E-state index in [0.717, 1.165) is 29.1 Å². The molecule has 0 saturated heterocycles. The monoisotopic (exact) mass is 343 g/mol. The Kier molecular flexibility index (Phi) is 5.25. The molecule has 0 atom stereocenters. The van der Waals surface area contributed by atoms with Gasteiger partial charge < -0.3 is 10.6 Å². The molecule has 6 heteroatoms. The van der Waals surface area contributed by atoms with E-state index >= 15 is 0 Å². The largest absolute Gasteiger partial charge is 0.348 e. The molecule has 3 rings (SSSR count). The fraction of sp³-hybridized carbons (Fsp3) is 0.389. The lowest BCUT2D eigenvalue weighted by Gasteiger charge is -2.11. The van der Waals surface area contributed by atoms with Gasteiger partial charge in [-0.25, -0.2) is 4.98 Å². The zero-order valence-electron chi connectivity index (χ0n) is 13.7. The molecule has 1 aromatic heterocycles. The first-order chi connectivity index (χ1) is 11.6. The van der Waals surface area contributed by atoms with Gasteiger partial charge in [0.15, 0.2) is 0 Å². The van der Waals surface area contributed by atoms with Crippen molar-refractivity contribution >= 4 is 28.8 Å². The fourth-order valence-electron chi connectivity index (χ4n) is 2.94. The summed E-state index contributed by atoms with van der Waals surface area (Å²) in [6, 6.07) is 7.39. The normalized spacial score (nSPS) is 14.5. The Morgan fingerprint density at radius 2 is 2.04 bits per heavy atom. The lowest BCUT2D eigenvalue weighted by molar-refractivity contribution is -0.136. The number of carbonyl (C=O) groups is 2. The van der Waals surface area contributed by atoms with Crippen molar-refractivity contribution in [2.75, 3.05) is 11.9 Å². The van der Waals surface area contributed by atoms with Crippen LogP contribution < -0.4 is 10.6 Å². The van der Waals surface area contributed by atoms with Crippen molar-refractivity contribution in [2.45, 2.75) is 32.6 Å². The molecule has 1 saturated carbocycles. The Morgan fingerprint density at radius 1 is 1.25 bits per heavy atom. The minimum atomic E-state index is -0.625. The van der Waals surface area contributed by atoms with Crippen LogP contribution in [-0.4, -0.2) is 23.3 Å². The van der Waals surface area contributed by atoms with Gasteiger partial charge in [0, 0.05) is 28.9 Å². The first-order valence-electron chi connectivity index (χ1n) is 8.23. The Labute approximate surface area is 145 Å². The third-order valence-electron chi connectivity index (χ3n) is 4.22. The van der Waals surface area contributed by atoms with Gasteiger partial charge in [0.05, 0.1) is 0 Å². The lowest BCUT2D eigenvalue weighted by Crippen LogP contribution is -2.37. The molecule has 0 unspecified atom stereocenters. The average Bonchev–Trinajstić information content (AvgIpc) is 3.24. The lowest BCUT2D eigenvalue weighted by atomic mass is 10.1. The number of anilines is 1. The highest BCUT2D eigenvalue weighted by Gasteiger charge is 2.19. The summed E-state index contributed by atoms with van der Waals surface area (Å²) in [5, 5.41) is 8.27. The number of aryl methyl sites for hydroxylation is 1. The summed E-state index contributed by atoms with van der Waals surface area (Å²) in [6.45, 7) is 2.53. The highest BCUT2D eigenvalue weighted by Crippen LogP contribution is 2.26. The predicted molar refractivity (Wildman–Crippen MR) is 95.9 cm³/mol. The van der Waals surface area contributed by atoms with Crippen LogP contribution in [0.25, 0.3) is 10.6 Å². The zero-order chi connectivity index (χ0) is 16.9. The van der Waals surface area contributed by atoms with Crippen molar-refractivity contribution in [1.82, 2.24) is 10.3 Å². The first-order valence-corrected chi connectivity index (χ1v) is 9.11. The van der Waals surface area contributed by atoms with Crippen LogP contribution in [0.4, 0.5) is 5.69 Å². The van der Waals surface area contributed by atoms with Gasteiger partial charge in [-0.05, 0) is 37.8 Å². The van der Waals surface area contributed by atoms with E-state index in [1.165, 1.54) is 12.8 Å². The van der Waals surface area contributed by atoms with Gasteiger partial charge in [0.25, 0.3) is 0 Å². The van der Waals surface area contributed by atoms with Crippen LogP contribution in [0, 0.1) is 12.8 Å². The maximum atomic E-state index is 12.0. The Morgan fingerprint density at radius 3 is 2.75 bits per heavy atom. The average molecular weight is 343 g/mol. The zero-order valence-corrected chi connectivity index (χ0v) is 14.5. The minimum absolute atomic E-state index is 0.512. The fourth-order valence-corrected chi connectivity index (χ4v) is 3.73. The van der Waals surface area contributed by atoms with E-state index in [1.807, 2.05) is 30.5 Å². The smallest absolute Gasteiger partial charge is 0.313 e. The molecule has 24 heavy (non-hydrogen) atoms. The summed E-state index contributed by atoms with van der Waals surface area (Å²) in [4.78, 5) is 28.4. The second-order valence-electron chi connectivity index (χ2n) is 6.19. The molecule has 2 aromatic rings. The number of benzene rings is 1. The van der Waals surface area contributed by atoms with Crippen LogP contribution in [0.3, 0.4) is 0 Å². The van der Waals surface area contributed by atoms with Crippen molar-refractivity contribution in [2.24, 2.45) is 5.92 Å². The Bertz CT molecular complexity index is 735. The van der Waals surface area contributed by atoms with Crippen LogP contribution in [0.5, 0.6) is 0 Å². The quantitative estimate of drug-likeness (QED) is 0.836. The number of amides is 2. The van der Waals surface area contributed by atoms with Crippen LogP contribution >= 0.6 is 11.3 Å². The van der Waals surface area contributed by atoms with Gasteiger partial charge >= 0.3 is 11.8 Å². The van der Waals surface area contributed by atoms with Crippen molar-refractivity contribution < 1.29 is 9.59 Å². The standard InChI is InChI=1S/C18H21N3O2S/c1-12-11-24-18(20-12)14-7-4-8-15(9-14)21-17(23)16(22)19-10-13-5-2-3-6-13/h4,7-9,11,13H,2-3,5-6,10H2,1H3,(H,19,22)(H,21,23). The molecule has 0 spiro atoms. The van der Waals surface area contributed by atoms with E-state index in [0.29, 0.717) is 18.2 Å². The number of hydrogen-bond acceptors (Lipinski definition) is 4. The molecule has 2 N–H and O–H groups in total.